The molecular weight excluding hydrogens is 280 g/mol. The van der Waals surface area contributed by atoms with Gasteiger partial charge in [-0.15, -0.1) is 0 Å². The van der Waals surface area contributed by atoms with Gasteiger partial charge in [-0.2, -0.15) is 0 Å². The molecule has 2 rings (SSSR count). The summed E-state index contributed by atoms with van der Waals surface area (Å²) < 4.78 is 0.996. The first-order valence-electron chi connectivity index (χ1n) is 5.95. The first-order valence-corrected chi connectivity index (χ1v) is 6.75. The zero-order valence-corrected chi connectivity index (χ0v) is 11.3. The van der Waals surface area contributed by atoms with Gasteiger partial charge < -0.3 is 10.6 Å². The van der Waals surface area contributed by atoms with Crippen molar-refractivity contribution in [2.45, 2.75) is 12.8 Å². The molecular formula is C13H17BrN2O. The number of amides is 1. The smallest absolute Gasteiger partial charge is 0.253 e. The van der Waals surface area contributed by atoms with Gasteiger partial charge in [0.1, 0.15) is 0 Å². The van der Waals surface area contributed by atoms with Gasteiger partial charge in [0.2, 0.25) is 0 Å². The Morgan fingerprint density at radius 1 is 1.29 bits per heavy atom. The third-order valence-corrected chi connectivity index (χ3v) is 3.85. The van der Waals surface area contributed by atoms with Crippen molar-refractivity contribution in [1.29, 1.82) is 0 Å². The van der Waals surface area contributed by atoms with Crippen LogP contribution in [0.5, 0.6) is 0 Å². The van der Waals surface area contributed by atoms with Crippen LogP contribution in [0.15, 0.2) is 28.7 Å². The average molecular weight is 297 g/mol. The van der Waals surface area contributed by atoms with E-state index in [0.717, 1.165) is 42.5 Å². The molecule has 0 atom stereocenters. The van der Waals surface area contributed by atoms with Crippen LogP contribution in [0.2, 0.25) is 0 Å². The van der Waals surface area contributed by atoms with Gasteiger partial charge in [-0.1, -0.05) is 15.9 Å². The largest absolute Gasteiger partial charge is 0.339 e. The molecule has 0 radical (unpaired) electrons. The van der Waals surface area contributed by atoms with Crippen LogP contribution >= 0.6 is 15.9 Å². The summed E-state index contributed by atoms with van der Waals surface area (Å²) >= 11 is 3.37. The predicted octanol–water partition coefficient (Wildman–Crippen LogP) is 2.26. The van der Waals surface area contributed by atoms with E-state index in [1.807, 2.05) is 29.2 Å². The van der Waals surface area contributed by atoms with Crippen molar-refractivity contribution in [2.24, 2.45) is 11.7 Å². The van der Waals surface area contributed by atoms with E-state index in [4.69, 9.17) is 5.73 Å². The molecule has 3 nitrogen and oxygen atoms in total. The Morgan fingerprint density at radius 3 is 2.41 bits per heavy atom. The number of piperidine rings is 1. The Morgan fingerprint density at radius 2 is 1.88 bits per heavy atom. The summed E-state index contributed by atoms with van der Waals surface area (Å²) in [5, 5.41) is 0. The maximum Gasteiger partial charge on any atom is 0.253 e. The minimum atomic E-state index is 0.132. The van der Waals surface area contributed by atoms with E-state index in [1.54, 1.807) is 0 Å². The molecule has 0 aliphatic carbocycles. The Hall–Kier alpha value is -0.870. The summed E-state index contributed by atoms with van der Waals surface area (Å²) in [6.07, 6.45) is 2.05. The third-order valence-electron chi connectivity index (χ3n) is 3.33. The van der Waals surface area contributed by atoms with Crippen LogP contribution in [0.4, 0.5) is 0 Å². The molecule has 2 N–H and O–H groups in total. The number of carbonyl (C=O) groups excluding carboxylic acids is 1. The summed E-state index contributed by atoms with van der Waals surface area (Å²) in [5.41, 5.74) is 6.41. The lowest BCUT2D eigenvalue weighted by Gasteiger charge is -2.31. The number of hydrogen-bond acceptors (Lipinski definition) is 2. The first-order chi connectivity index (χ1) is 8.20. The zero-order chi connectivity index (χ0) is 12.3. The van der Waals surface area contributed by atoms with E-state index >= 15 is 0 Å². The van der Waals surface area contributed by atoms with Crippen LogP contribution in [-0.4, -0.2) is 30.4 Å². The SMILES string of the molecule is NCC1CCN(C(=O)c2ccc(Br)cc2)CC1. The molecule has 92 valence electrons. The highest BCUT2D eigenvalue weighted by molar-refractivity contribution is 9.10. The standard InChI is InChI=1S/C13H17BrN2O/c14-12-3-1-11(2-4-12)13(17)16-7-5-10(9-15)6-8-16/h1-4,10H,5-9,15H2. The Balaban J connectivity index is 1.99. The number of nitrogens with zero attached hydrogens (tertiary/aromatic N) is 1. The van der Waals surface area contributed by atoms with E-state index in [1.165, 1.54) is 0 Å². The molecule has 0 spiro atoms. The third kappa shape index (κ3) is 3.07. The quantitative estimate of drug-likeness (QED) is 0.910. The zero-order valence-electron chi connectivity index (χ0n) is 9.73. The van der Waals surface area contributed by atoms with E-state index in [0.29, 0.717) is 5.92 Å². The number of carbonyl (C=O) groups is 1. The van der Waals surface area contributed by atoms with Crippen LogP contribution in [0.1, 0.15) is 23.2 Å². The van der Waals surface area contributed by atoms with Crippen molar-refractivity contribution in [2.75, 3.05) is 19.6 Å². The fraction of sp³-hybridized carbons (Fsp3) is 0.462. The minimum Gasteiger partial charge on any atom is -0.339 e. The van der Waals surface area contributed by atoms with Crippen molar-refractivity contribution in [3.63, 3.8) is 0 Å². The van der Waals surface area contributed by atoms with Gasteiger partial charge in [0, 0.05) is 23.1 Å². The molecule has 1 aliphatic heterocycles. The molecule has 0 unspecified atom stereocenters. The van der Waals surface area contributed by atoms with Gasteiger partial charge in [0.05, 0.1) is 0 Å². The molecule has 4 heteroatoms. The number of rotatable bonds is 2. The molecule has 1 saturated heterocycles. The van der Waals surface area contributed by atoms with Gasteiger partial charge >= 0.3 is 0 Å². The predicted molar refractivity (Wildman–Crippen MR) is 71.8 cm³/mol. The average Bonchev–Trinajstić information content (AvgIpc) is 2.39. The van der Waals surface area contributed by atoms with E-state index in [9.17, 15) is 4.79 Å². The first kappa shape index (κ1) is 12.6. The molecule has 17 heavy (non-hydrogen) atoms. The van der Waals surface area contributed by atoms with Crippen molar-refractivity contribution < 1.29 is 4.79 Å². The number of nitrogens with two attached hydrogens (primary N) is 1. The molecule has 1 amide bonds. The molecule has 1 aliphatic rings. The normalized spacial score (nSPS) is 17.2. The van der Waals surface area contributed by atoms with Gasteiger partial charge in [-0.05, 0) is 49.6 Å². The Labute approximate surface area is 110 Å². The van der Waals surface area contributed by atoms with Crippen molar-refractivity contribution >= 4 is 21.8 Å². The van der Waals surface area contributed by atoms with E-state index in [2.05, 4.69) is 15.9 Å². The number of benzene rings is 1. The van der Waals surface area contributed by atoms with Gasteiger partial charge in [0.25, 0.3) is 5.91 Å². The summed E-state index contributed by atoms with van der Waals surface area (Å²) in [6.45, 7) is 2.40. The van der Waals surface area contributed by atoms with Crippen molar-refractivity contribution in [3.05, 3.63) is 34.3 Å². The minimum absolute atomic E-state index is 0.132. The fourth-order valence-corrected chi connectivity index (χ4v) is 2.41. The maximum atomic E-state index is 12.2. The second-order valence-electron chi connectivity index (χ2n) is 4.48. The highest BCUT2D eigenvalue weighted by Gasteiger charge is 2.22. The second kappa shape index (κ2) is 5.65. The maximum absolute atomic E-state index is 12.2. The lowest BCUT2D eigenvalue weighted by atomic mass is 9.96. The highest BCUT2D eigenvalue weighted by Crippen LogP contribution is 2.19. The van der Waals surface area contributed by atoms with Crippen LogP contribution in [0.25, 0.3) is 0 Å². The van der Waals surface area contributed by atoms with Crippen molar-refractivity contribution in [3.8, 4) is 0 Å². The van der Waals surface area contributed by atoms with Crippen LogP contribution in [-0.2, 0) is 0 Å². The fourth-order valence-electron chi connectivity index (χ4n) is 2.15. The molecule has 0 aromatic heterocycles. The highest BCUT2D eigenvalue weighted by atomic mass is 79.9. The van der Waals surface area contributed by atoms with Crippen LogP contribution in [0.3, 0.4) is 0 Å². The van der Waals surface area contributed by atoms with Gasteiger partial charge in [0.15, 0.2) is 0 Å². The molecule has 1 aromatic carbocycles. The monoisotopic (exact) mass is 296 g/mol. The van der Waals surface area contributed by atoms with Crippen LogP contribution < -0.4 is 5.73 Å². The molecule has 1 fully saturated rings. The van der Waals surface area contributed by atoms with Crippen LogP contribution in [0, 0.1) is 5.92 Å². The molecule has 1 heterocycles. The lowest BCUT2D eigenvalue weighted by Crippen LogP contribution is -2.40. The number of halogens is 1. The van der Waals surface area contributed by atoms with Crippen molar-refractivity contribution in [1.82, 2.24) is 4.90 Å². The summed E-state index contributed by atoms with van der Waals surface area (Å²) in [5.74, 6) is 0.719. The number of hydrogen-bond donors (Lipinski definition) is 1. The topological polar surface area (TPSA) is 46.3 Å². The number of likely N-dealkylation sites (tertiary alicyclic amines) is 1. The Kier molecular flexibility index (Phi) is 4.18. The van der Waals surface area contributed by atoms with Gasteiger partial charge in [-0.25, -0.2) is 0 Å². The summed E-state index contributed by atoms with van der Waals surface area (Å²) in [7, 11) is 0. The Bertz CT molecular complexity index is 383. The van der Waals surface area contributed by atoms with E-state index < -0.39 is 0 Å². The molecule has 0 saturated carbocycles. The molecule has 1 aromatic rings. The summed E-state index contributed by atoms with van der Waals surface area (Å²) in [4.78, 5) is 14.1. The lowest BCUT2D eigenvalue weighted by molar-refractivity contribution is 0.0693. The second-order valence-corrected chi connectivity index (χ2v) is 5.39. The summed E-state index contributed by atoms with van der Waals surface area (Å²) in [6, 6.07) is 7.53. The van der Waals surface area contributed by atoms with Gasteiger partial charge in [-0.3, -0.25) is 4.79 Å². The molecule has 0 bridgehead atoms. The van der Waals surface area contributed by atoms with E-state index in [-0.39, 0.29) is 5.91 Å².